The van der Waals surface area contributed by atoms with Gasteiger partial charge in [-0.1, -0.05) is 38.5 Å². The molecule has 5 aliphatic rings. The van der Waals surface area contributed by atoms with Crippen LogP contribution in [0.15, 0.2) is 23.8 Å². The lowest BCUT2D eigenvalue weighted by molar-refractivity contribution is -0.172. The smallest absolute Gasteiger partial charge is 0.335 e. The lowest BCUT2D eigenvalue weighted by Gasteiger charge is -2.49. The highest BCUT2D eigenvalue weighted by Gasteiger charge is 2.68. The summed E-state index contributed by atoms with van der Waals surface area (Å²) >= 11 is 0. The molecule has 2 saturated heterocycles. The summed E-state index contributed by atoms with van der Waals surface area (Å²) in [6.45, 7) is 12.1. The van der Waals surface area contributed by atoms with Crippen molar-refractivity contribution in [1.82, 2.24) is 10.2 Å². The van der Waals surface area contributed by atoms with Crippen LogP contribution < -0.4 is 5.32 Å². The van der Waals surface area contributed by atoms with E-state index in [4.69, 9.17) is 14.2 Å². The molecule has 0 radical (unpaired) electrons. The molecule has 3 N–H and O–H groups in total. The lowest BCUT2D eigenvalue weighted by atomic mass is 9.57. The van der Waals surface area contributed by atoms with Crippen molar-refractivity contribution in [2.24, 2.45) is 29.6 Å². The maximum Gasteiger partial charge on any atom is 0.335 e. The number of rotatable bonds is 6. The Bertz CT molecular complexity index is 916. The summed E-state index contributed by atoms with van der Waals surface area (Å²) in [5.74, 6) is -0.831. The number of carbonyl (C=O) groups excluding carboxylic acids is 1. The molecule has 0 aromatic heterocycles. The molecule has 214 valence electrons. The van der Waals surface area contributed by atoms with Gasteiger partial charge in [-0.2, -0.15) is 0 Å². The van der Waals surface area contributed by atoms with E-state index in [0.29, 0.717) is 6.42 Å². The van der Waals surface area contributed by atoms with Gasteiger partial charge in [0, 0.05) is 55.8 Å². The van der Waals surface area contributed by atoms with E-state index in [1.807, 2.05) is 6.92 Å². The Morgan fingerprint density at radius 3 is 2.66 bits per heavy atom. The van der Waals surface area contributed by atoms with Crippen molar-refractivity contribution in [1.29, 1.82) is 0 Å². The van der Waals surface area contributed by atoms with Crippen molar-refractivity contribution >= 4 is 5.97 Å². The SMILES string of the molecule is COC1C[C@H]2C=C[C@H]3[C@H]4O[C@]2(/C(C)=C/[C@@H](C)[C@@H]([C@@H](C)O)OC1=O)[C@@H]3[C@H](O)C(C)[C@@H]4NCCN1CCCCC1. The average Bonchev–Trinajstić information content (AvgIpc) is 3.09. The number of hydrogen-bond donors (Lipinski definition) is 3. The number of aliphatic hydroxyl groups is 2. The van der Waals surface area contributed by atoms with E-state index in [2.05, 4.69) is 42.3 Å². The molecule has 2 unspecified atom stereocenters. The Labute approximate surface area is 227 Å². The Balaban J connectivity index is 1.47. The minimum Gasteiger partial charge on any atom is -0.457 e. The van der Waals surface area contributed by atoms with Crippen LogP contribution in [0.2, 0.25) is 0 Å². The zero-order valence-corrected chi connectivity index (χ0v) is 23.7. The third-order valence-electron chi connectivity index (χ3n) is 10.2. The Kier molecular flexibility index (Phi) is 8.40. The molecular weight excluding hydrogens is 484 g/mol. The molecule has 1 saturated carbocycles. The van der Waals surface area contributed by atoms with Crippen LogP contribution >= 0.6 is 0 Å². The van der Waals surface area contributed by atoms with Crippen LogP contribution in [0.4, 0.5) is 0 Å². The highest BCUT2D eigenvalue weighted by Crippen LogP contribution is 2.60. The summed E-state index contributed by atoms with van der Waals surface area (Å²) < 4.78 is 18.6. The van der Waals surface area contributed by atoms with Crippen molar-refractivity contribution in [3.05, 3.63) is 23.8 Å². The molecule has 1 spiro atoms. The van der Waals surface area contributed by atoms with Gasteiger partial charge in [-0.15, -0.1) is 0 Å². The van der Waals surface area contributed by atoms with Crippen LogP contribution in [0.3, 0.4) is 0 Å². The van der Waals surface area contributed by atoms with Crippen molar-refractivity contribution in [2.75, 3.05) is 33.3 Å². The number of methoxy groups -OCH3 is 1. The molecule has 5 rings (SSSR count). The van der Waals surface area contributed by atoms with Gasteiger partial charge in [0.15, 0.2) is 6.10 Å². The van der Waals surface area contributed by atoms with Gasteiger partial charge < -0.3 is 34.6 Å². The number of cyclic esters (lactones) is 1. The predicted molar refractivity (Wildman–Crippen MR) is 144 cm³/mol. The topological polar surface area (TPSA) is 100 Å². The predicted octanol–water partition coefficient (Wildman–Crippen LogP) is 2.29. The number of nitrogens with one attached hydrogen (secondary N) is 1. The minimum absolute atomic E-state index is 0.0307. The highest BCUT2D eigenvalue weighted by atomic mass is 16.6. The number of hydrogen-bond acceptors (Lipinski definition) is 8. The average molecular weight is 533 g/mol. The molecule has 2 aliphatic carbocycles. The standard InChI is InChI=1S/C30H48N2O6/c1-17-15-18(2)30-21(16-23(36-5)29(35)37-27(17)20(4)33)9-10-22-24(30)26(34)19(3)25(28(22)38-30)31-11-14-32-12-7-6-8-13-32/h9-10,15,17,19-28,31,33-34H,6-8,11-14,16H2,1-5H3/b18-15+/t17-,19?,20-,21-,22-,23?,24+,25+,26-,27+,28-,30+/m1/s1. The van der Waals surface area contributed by atoms with Gasteiger partial charge in [-0.25, -0.2) is 4.79 Å². The van der Waals surface area contributed by atoms with E-state index in [9.17, 15) is 15.0 Å². The number of aliphatic hydroxyl groups excluding tert-OH is 2. The van der Waals surface area contributed by atoms with Crippen molar-refractivity contribution in [3.8, 4) is 0 Å². The largest absolute Gasteiger partial charge is 0.457 e. The molecule has 4 bridgehead atoms. The highest BCUT2D eigenvalue weighted by molar-refractivity contribution is 5.75. The lowest BCUT2D eigenvalue weighted by Crippen LogP contribution is -2.59. The van der Waals surface area contributed by atoms with Crippen LogP contribution in [-0.4, -0.2) is 96.5 Å². The number of nitrogens with zero attached hydrogens (tertiary/aromatic N) is 1. The van der Waals surface area contributed by atoms with Crippen molar-refractivity contribution < 1.29 is 29.2 Å². The Hall–Kier alpha value is -1.29. The molecule has 0 aromatic carbocycles. The third-order valence-corrected chi connectivity index (χ3v) is 10.2. The van der Waals surface area contributed by atoms with Crippen LogP contribution in [0.5, 0.6) is 0 Å². The number of piperidine rings is 1. The monoisotopic (exact) mass is 532 g/mol. The summed E-state index contributed by atoms with van der Waals surface area (Å²) in [4.78, 5) is 15.7. The normalized spacial score (nSPS) is 47.6. The summed E-state index contributed by atoms with van der Waals surface area (Å²) in [6.07, 6.45) is 7.85. The molecule has 8 heteroatoms. The van der Waals surface area contributed by atoms with E-state index in [1.165, 1.54) is 39.5 Å². The van der Waals surface area contributed by atoms with Crippen LogP contribution in [0, 0.1) is 29.6 Å². The first-order valence-electron chi connectivity index (χ1n) is 14.8. The zero-order chi connectivity index (χ0) is 27.2. The van der Waals surface area contributed by atoms with Gasteiger partial charge in [0.05, 0.1) is 18.3 Å². The molecule has 38 heavy (non-hydrogen) atoms. The van der Waals surface area contributed by atoms with Crippen LogP contribution in [-0.2, 0) is 19.0 Å². The minimum atomic E-state index is -0.829. The second-order valence-electron chi connectivity index (χ2n) is 12.5. The first kappa shape index (κ1) is 28.2. The van der Waals surface area contributed by atoms with Crippen molar-refractivity contribution in [2.45, 2.75) is 95.5 Å². The van der Waals surface area contributed by atoms with Crippen LogP contribution in [0.25, 0.3) is 0 Å². The molecule has 3 aliphatic heterocycles. The first-order chi connectivity index (χ1) is 18.2. The maximum absolute atomic E-state index is 13.1. The number of esters is 1. The third kappa shape index (κ3) is 4.79. The van der Waals surface area contributed by atoms with E-state index >= 15 is 0 Å². The molecule has 3 heterocycles. The summed E-state index contributed by atoms with van der Waals surface area (Å²) in [5, 5.41) is 26.1. The van der Waals surface area contributed by atoms with Crippen molar-refractivity contribution in [3.63, 3.8) is 0 Å². The first-order valence-corrected chi connectivity index (χ1v) is 14.8. The molecule has 0 amide bonds. The maximum atomic E-state index is 13.1. The number of likely N-dealkylation sites (tertiary alicyclic amines) is 1. The van der Waals surface area contributed by atoms with E-state index < -0.39 is 36.0 Å². The molecule has 0 aromatic rings. The fraction of sp³-hybridized carbons (Fsp3) is 0.833. The van der Waals surface area contributed by atoms with Gasteiger partial charge in [-0.05, 0) is 51.8 Å². The fourth-order valence-electron chi connectivity index (χ4n) is 8.24. The summed E-state index contributed by atoms with van der Waals surface area (Å²) in [7, 11) is 1.52. The molecular formula is C30H48N2O6. The Morgan fingerprint density at radius 1 is 1.24 bits per heavy atom. The second kappa shape index (κ2) is 11.3. The zero-order valence-electron chi connectivity index (χ0n) is 23.7. The van der Waals surface area contributed by atoms with E-state index in [1.54, 1.807) is 6.92 Å². The van der Waals surface area contributed by atoms with E-state index in [-0.39, 0.29) is 41.7 Å². The van der Waals surface area contributed by atoms with Gasteiger partial charge in [-0.3, -0.25) is 0 Å². The molecule has 8 nitrogen and oxygen atoms in total. The summed E-state index contributed by atoms with van der Waals surface area (Å²) in [6, 6.07) is 0.0350. The van der Waals surface area contributed by atoms with Gasteiger partial charge >= 0.3 is 5.97 Å². The fourth-order valence-corrected chi connectivity index (χ4v) is 8.24. The number of ether oxygens (including phenoxy) is 3. The summed E-state index contributed by atoms with van der Waals surface area (Å²) in [5.41, 5.74) is 0.294. The van der Waals surface area contributed by atoms with Gasteiger partial charge in [0.25, 0.3) is 0 Å². The molecule has 3 fully saturated rings. The molecule has 12 atom stereocenters. The Morgan fingerprint density at radius 2 is 1.97 bits per heavy atom. The van der Waals surface area contributed by atoms with Crippen LogP contribution in [0.1, 0.15) is 53.4 Å². The van der Waals surface area contributed by atoms with Gasteiger partial charge in [0.2, 0.25) is 0 Å². The van der Waals surface area contributed by atoms with Gasteiger partial charge in [0.1, 0.15) is 11.7 Å². The van der Waals surface area contributed by atoms with E-state index in [0.717, 1.165) is 18.7 Å². The second-order valence-corrected chi connectivity index (χ2v) is 12.5. The quantitative estimate of drug-likeness (QED) is 0.354. The number of carbonyl (C=O) groups is 1.